The summed E-state index contributed by atoms with van der Waals surface area (Å²) in [6.07, 6.45) is 5.12. The minimum atomic E-state index is -0.767. The molecule has 1 amide bonds. The molecule has 1 aromatic rings. The summed E-state index contributed by atoms with van der Waals surface area (Å²) in [5.74, 6) is -0.00347. The number of nitrogens with one attached hydrogen (secondary N) is 1. The number of aliphatic hydroxyl groups is 1. The van der Waals surface area contributed by atoms with Crippen molar-refractivity contribution in [3.63, 3.8) is 0 Å². The number of hydrogen-bond donors (Lipinski definition) is 2. The van der Waals surface area contributed by atoms with Crippen LogP contribution in [0, 0.1) is 0 Å². The second-order valence-corrected chi connectivity index (χ2v) is 4.88. The van der Waals surface area contributed by atoms with E-state index in [2.05, 4.69) is 10.3 Å². The predicted molar refractivity (Wildman–Crippen MR) is 75.7 cm³/mol. The highest BCUT2D eigenvalue weighted by molar-refractivity contribution is 5.75. The molecular weight excluding hydrogens is 240 g/mol. The zero-order valence-electron chi connectivity index (χ0n) is 11.9. The lowest BCUT2D eigenvalue weighted by Gasteiger charge is -2.25. The van der Waals surface area contributed by atoms with Crippen LogP contribution < -0.4 is 5.32 Å². The van der Waals surface area contributed by atoms with Crippen molar-refractivity contribution in [3.8, 4) is 0 Å². The molecule has 0 aliphatic carbocycles. The topological polar surface area (TPSA) is 62.2 Å². The number of aromatic nitrogens is 1. The normalized spacial score (nSPS) is 11.3. The molecule has 1 rings (SSSR count). The second-order valence-electron chi connectivity index (χ2n) is 4.88. The van der Waals surface area contributed by atoms with E-state index in [1.165, 1.54) is 0 Å². The zero-order valence-corrected chi connectivity index (χ0v) is 11.9. The molecule has 0 saturated carbocycles. The number of rotatable bonds is 8. The summed E-state index contributed by atoms with van der Waals surface area (Å²) < 4.78 is 0. The molecule has 4 heteroatoms. The first-order valence-electron chi connectivity index (χ1n) is 6.98. The SMILES string of the molecule is CCC(O)(CC)CNC(=O)CCCc1ccccn1. The Morgan fingerprint density at radius 2 is 2.11 bits per heavy atom. The molecule has 0 bridgehead atoms. The van der Waals surface area contributed by atoms with E-state index >= 15 is 0 Å². The van der Waals surface area contributed by atoms with Crippen molar-refractivity contribution in [2.45, 2.75) is 51.6 Å². The Kier molecular flexibility index (Phi) is 6.50. The molecule has 0 atom stereocenters. The van der Waals surface area contributed by atoms with Gasteiger partial charge in [0.15, 0.2) is 0 Å². The van der Waals surface area contributed by atoms with E-state index in [1.807, 2.05) is 32.0 Å². The van der Waals surface area contributed by atoms with Gasteiger partial charge in [0, 0.05) is 24.9 Å². The number of nitrogens with zero attached hydrogens (tertiary/aromatic N) is 1. The highest BCUT2D eigenvalue weighted by Gasteiger charge is 2.22. The summed E-state index contributed by atoms with van der Waals surface area (Å²) in [4.78, 5) is 15.9. The van der Waals surface area contributed by atoms with E-state index in [0.29, 0.717) is 25.8 Å². The fraction of sp³-hybridized carbons (Fsp3) is 0.600. The number of carbonyl (C=O) groups excluding carboxylic acids is 1. The van der Waals surface area contributed by atoms with Crippen LogP contribution in [0.3, 0.4) is 0 Å². The van der Waals surface area contributed by atoms with Crippen LogP contribution in [-0.4, -0.2) is 28.1 Å². The molecule has 0 fully saturated rings. The third-order valence-corrected chi connectivity index (χ3v) is 3.49. The maximum Gasteiger partial charge on any atom is 0.220 e. The molecule has 0 saturated heterocycles. The molecular formula is C15H24N2O2. The molecule has 19 heavy (non-hydrogen) atoms. The minimum Gasteiger partial charge on any atom is -0.388 e. The van der Waals surface area contributed by atoms with Gasteiger partial charge in [-0.05, 0) is 37.8 Å². The molecule has 4 nitrogen and oxygen atoms in total. The van der Waals surface area contributed by atoms with Crippen LogP contribution >= 0.6 is 0 Å². The van der Waals surface area contributed by atoms with Gasteiger partial charge in [-0.3, -0.25) is 9.78 Å². The highest BCUT2D eigenvalue weighted by atomic mass is 16.3. The Morgan fingerprint density at radius 1 is 1.37 bits per heavy atom. The minimum absolute atomic E-state index is 0.00347. The number of carbonyl (C=O) groups is 1. The molecule has 0 aliphatic rings. The second kappa shape index (κ2) is 7.89. The molecule has 0 aromatic carbocycles. The Labute approximate surface area is 115 Å². The van der Waals surface area contributed by atoms with E-state index in [1.54, 1.807) is 6.20 Å². The Balaban J connectivity index is 2.22. The van der Waals surface area contributed by atoms with Crippen LogP contribution in [0.2, 0.25) is 0 Å². The van der Waals surface area contributed by atoms with E-state index in [0.717, 1.165) is 18.5 Å². The smallest absolute Gasteiger partial charge is 0.220 e. The van der Waals surface area contributed by atoms with Crippen molar-refractivity contribution in [1.82, 2.24) is 10.3 Å². The first kappa shape index (κ1) is 15.6. The summed E-state index contributed by atoms with van der Waals surface area (Å²) in [5.41, 5.74) is 0.241. The first-order chi connectivity index (χ1) is 9.09. The van der Waals surface area contributed by atoms with Crippen LogP contribution in [0.15, 0.2) is 24.4 Å². The third-order valence-electron chi connectivity index (χ3n) is 3.49. The number of amides is 1. The lowest BCUT2D eigenvalue weighted by Crippen LogP contribution is -2.41. The maximum absolute atomic E-state index is 11.7. The zero-order chi connectivity index (χ0) is 14.1. The van der Waals surface area contributed by atoms with Gasteiger partial charge in [-0.1, -0.05) is 19.9 Å². The fourth-order valence-electron chi connectivity index (χ4n) is 1.83. The van der Waals surface area contributed by atoms with E-state index in [9.17, 15) is 9.90 Å². The molecule has 106 valence electrons. The van der Waals surface area contributed by atoms with Gasteiger partial charge >= 0.3 is 0 Å². The third kappa shape index (κ3) is 5.83. The van der Waals surface area contributed by atoms with Crippen LogP contribution in [0.1, 0.15) is 45.2 Å². The van der Waals surface area contributed by atoms with Gasteiger partial charge in [0.05, 0.1) is 5.60 Å². The van der Waals surface area contributed by atoms with E-state index in [-0.39, 0.29) is 5.91 Å². The van der Waals surface area contributed by atoms with Crippen molar-refractivity contribution >= 4 is 5.91 Å². The van der Waals surface area contributed by atoms with Crippen molar-refractivity contribution in [1.29, 1.82) is 0 Å². The summed E-state index contributed by atoms with van der Waals surface area (Å²) in [6, 6.07) is 5.79. The van der Waals surface area contributed by atoms with Gasteiger partial charge in [-0.25, -0.2) is 0 Å². The van der Waals surface area contributed by atoms with Gasteiger partial charge in [0.25, 0.3) is 0 Å². The summed E-state index contributed by atoms with van der Waals surface area (Å²) in [5, 5.41) is 12.9. The molecule has 2 N–H and O–H groups in total. The highest BCUT2D eigenvalue weighted by Crippen LogP contribution is 2.12. The predicted octanol–water partition coefficient (Wildman–Crippen LogP) is 2.07. The number of hydrogen-bond acceptors (Lipinski definition) is 3. The molecule has 0 radical (unpaired) electrons. The average molecular weight is 264 g/mol. The quantitative estimate of drug-likeness (QED) is 0.755. The van der Waals surface area contributed by atoms with Crippen molar-refractivity contribution in [2.24, 2.45) is 0 Å². The van der Waals surface area contributed by atoms with E-state index in [4.69, 9.17) is 0 Å². The standard InChI is InChI=1S/C15H24N2O2/c1-3-15(19,4-2)12-17-14(18)10-7-9-13-8-5-6-11-16-13/h5-6,8,11,19H,3-4,7,9-10,12H2,1-2H3,(H,17,18). The summed E-state index contributed by atoms with van der Waals surface area (Å²) >= 11 is 0. The monoisotopic (exact) mass is 264 g/mol. The lowest BCUT2D eigenvalue weighted by atomic mass is 9.97. The molecule has 0 aliphatic heterocycles. The Hall–Kier alpha value is -1.42. The van der Waals surface area contributed by atoms with Gasteiger partial charge < -0.3 is 10.4 Å². The van der Waals surface area contributed by atoms with Crippen LogP contribution in [0.25, 0.3) is 0 Å². The van der Waals surface area contributed by atoms with Crippen LogP contribution in [0.5, 0.6) is 0 Å². The molecule has 1 aromatic heterocycles. The van der Waals surface area contributed by atoms with Crippen LogP contribution in [-0.2, 0) is 11.2 Å². The summed E-state index contributed by atoms with van der Waals surface area (Å²) in [6.45, 7) is 4.19. The fourth-order valence-corrected chi connectivity index (χ4v) is 1.83. The Morgan fingerprint density at radius 3 is 2.68 bits per heavy atom. The molecule has 0 spiro atoms. The summed E-state index contributed by atoms with van der Waals surface area (Å²) in [7, 11) is 0. The van der Waals surface area contributed by atoms with Gasteiger partial charge in [-0.15, -0.1) is 0 Å². The van der Waals surface area contributed by atoms with Crippen molar-refractivity contribution in [2.75, 3.05) is 6.54 Å². The number of aryl methyl sites for hydroxylation is 1. The van der Waals surface area contributed by atoms with Gasteiger partial charge in [-0.2, -0.15) is 0 Å². The maximum atomic E-state index is 11.7. The van der Waals surface area contributed by atoms with Gasteiger partial charge in [0.1, 0.15) is 0 Å². The average Bonchev–Trinajstić information content (AvgIpc) is 2.46. The van der Waals surface area contributed by atoms with Crippen molar-refractivity contribution < 1.29 is 9.90 Å². The lowest BCUT2D eigenvalue weighted by molar-refractivity contribution is -0.122. The van der Waals surface area contributed by atoms with E-state index < -0.39 is 5.60 Å². The number of pyridine rings is 1. The largest absolute Gasteiger partial charge is 0.388 e. The Bertz CT molecular complexity index is 375. The molecule has 0 unspecified atom stereocenters. The molecule has 1 heterocycles. The first-order valence-corrected chi connectivity index (χ1v) is 6.98. The van der Waals surface area contributed by atoms with Gasteiger partial charge in [0.2, 0.25) is 5.91 Å². The van der Waals surface area contributed by atoms with Crippen LogP contribution in [0.4, 0.5) is 0 Å². The van der Waals surface area contributed by atoms with Crippen molar-refractivity contribution in [3.05, 3.63) is 30.1 Å².